The van der Waals surface area contributed by atoms with Crippen LogP contribution in [-0.4, -0.2) is 51.3 Å². The summed E-state index contributed by atoms with van der Waals surface area (Å²) in [6, 6.07) is 15.6. The van der Waals surface area contributed by atoms with Gasteiger partial charge in [-0.05, 0) is 42.8 Å². The van der Waals surface area contributed by atoms with E-state index in [1.807, 2.05) is 41.1 Å². The van der Waals surface area contributed by atoms with Gasteiger partial charge in [-0.25, -0.2) is 4.39 Å². The Morgan fingerprint density at radius 2 is 1.65 bits per heavy atom. The molecule has 0 atom stereocenters. The Bertz CT molecular complexity index is 1320. The SMILES string of the molecule is CCCn1cc(C(=O)N2CCN(c3ccc(F)cc3)CC2)c2nn(-c3ccccc3)c(=O)c-2c1. The molecule has 0 unspecified atom stereocenters. The fraction of sp³-hybridized carbons (Fsp3) is 0.269. The van der Waals surface area contributed by atoms with E-state index in [-0.39, 0.29) is 17.3 Å². The van der Waals surface area contributed by atoms with Crippen molar-refractivity contribution in [2.75, 3.05) is 31.1 Å². The zero-order valence-corrected chi connectivity index (χ0v) is 19.0. The Morgan fingerprint density at radius 3 is 2.32 bits per heavy atom. The predicted octanol–water partition coefficient (Wildman–Crippen LogP) is 3.65. The van der Waals surface area contributed by atoms with Gasteiger partial charge in [-0.2, -0.15) is 9.78 Å². The van der Waals surface area contributed by atoms with Gasteiger partial charge in [-0.1, -0.05) is 25.1 Å². The summed E-state index contributed by atoms with van der Waals surface area (Å²) in [4.78, 5) is 30.7. The molecular formula is C26H26FN5O2. The number of piperazine rings is 1. The molecule has 0 saturated carbocycles. The lowest BCUT2D eigenvalue weighted by Gasteiger charge is -2.36. The van der Waals surface area contributed by atoms with Gasteiger partial charge < -0.3 is 14.4 Å². The van der Waals surface area contributed by atoms with Gasteiger partial charge in [0.2, 0.25) is 0 Å². The summed E-state index contributed by atoms with van der Waals surface area (Å²) in [7, 11) is 0. The Balaban J connectivity index is 1.45. The molecule has 1 fully saturated rings. The average Bonchev–Trinajstić information content (AvgIpc) is 3.21. The average molecular weight is 460 g/mol. The summed E-state index contributed by atoms with van der Waals surface area (Å²) >= 11 is 0. The fourth-order valence-electron chi connectivity index (χ4n) is 4.44. The van der Waals surface area contributed by atoms with Crippen LogP contribution in [0.4, 0.5) is 10.1 Å². The molecule has 0 N–H and O–H groups in total. The van der Waals surface area contributed by atoms with E-state index in [2.05, 4.69) is 16.9 Å². The van der Waals surface area contributed by atoms with Crippen LogP contribution in [0.1, 0.15) is 23.7 Å². The molecule has 0 radical (unpaired) electrons. The Hall–Kier alpha value is -3.94. The third kappa shape index (κ3) is 4.07. The normalized spacial score (nSPS) is 14.1. The van der Waals surface area contributed by atoms with E-state index in [4.69, 9.17) is 0 Å². The first kappa shape index (κ1) is 21.9. The molecule has 0 bridgehead atoms. The second kappa shape index (κ2) is 9.13. The fourth-order valence-corrected chi connectivity index (χ4v) is 4.44. The molecule has 0 aliphatic carbocycles. The summed E-state index contributed by atoms with van der Waals surface area (Å²) in [5.74, 6) is -0.398. The number of amides is 1. The molecular weight excluding hydrogens is 433 g/mol. The number of halogens is 1. The number of hydrogen-bond donors (Lipinski definition) is 0. The van der Waals surface area contributed by atoms with E-state index in [9.17, 15) is 14.0 Å². The van der Waals surface area contributed by atoms with Crippen LogP contribution in [-0.2, 0) is 6.54 Å². The van der Waals surface area contributed by atoms with E-state index >= 15 is 0 Å². The maximum Gasteiger partial charge on any atom is 0.282 e. The number of rotatable bonds is 5. The highest BCUT2D eigenvalue weighted by Crippen LogP contribution is 2.25. The van der Waals surface area contributed by atoms with Crippen molar-refractivity contribution in [3.05, 3.63) is 88.7 Å². The van der Waals surface area contributed by atoms with Crippen LogP contribution in [0.25, 0.3) is 16.9 Å². The molecule has 174 valence electrons. The maximum absolute atomic E-state index is 13.6. The first-order chi connectivity index (χ1) is 16.5. The summed E-state index contributed by atoms with van der Waals surface area (Å²) in [5, 5.41) is 4.57. The van der Waals surface area contributed by atoms with E-state index in [1.54, 1.807) is 23.2 Å². The number of aryl methyl sites for hydroxylation is 1. The van der Waals surface area contributed by atoms with Crippen molar-refractivity contribution in [3.8, 4) is 16.9 Å². The number of carbonyl (C=O) groups excluding carboxylic acids is 1. The highest BCUT2D eigenvalue weighted by Gasteiger charge is 2.29. The lowest BCUT2D eigenvalue weighted by Crippen LogP contribution is -2.49. The van der Waals surface area contributed by atoms with Crippen LogP contribution < -0.4 is 10.5 Å². The van der Waals surface area contributed by atoms with Gasteiger partial charge >= 0.3 is 0 Å². The van der Waals surface area contributed by atoms with Crippen LogP contribution in [0.3, 0.4) is 0 Å². The van der Waals surface area contributed by atoms with Crippen LogP contribution >= 0.6 is 0 Å². The maximum atomic E-state index is 13.6. The van der Waals surface area contributed by atoms with E-state index in [0.717, 1.165) is 12.1 Å². The minimum atomic E-state index is -0.265. The molecule has 34 heavy (non-hydrogen) atoms. The van der Waals surface area contributed by atoms with Crippen molar-refractivity contribution in [3.63, 3.8) is 0 Å². The molecule has 0 spiro atoms. The monoisotopic (exact) mass is 459 g/mol. The molecule has 3 aliphatic heterocycles. The standard InChI is InChI=1S/C26H26FN5O2/c1-2-12-29-17-22(24-23(18-29)26(34)32(28-24)21-6-4-3-5-7-21)25(33)31-15-13-30(14-16-31)20-10-8-19(27)9-11-20/h3-11,17-18H,2,12-16H2,1H3. The number of hydrogen-bond acceptors (Lipinski definition) is 4. The number of fused-ring (bicyclic) bond motifs is 1. The molecule has 7 nitrogen and oxygen atoms in total. The number of benzene rings is 2. The van der Waals surface area contributed by atoms with Crippen molar-refractivity contribution in [2.45, 2.75) is 19.9 Å². The third-order valence-corrected chi connectivity index (χ3v) is 6.19. The smallest absolute Gasteiger partial charge is 0.282 e. The lowest BCUT2D eigenvalue weighted by atomic mass is 10.1. The number of anilines is 1. The number of carbonyl (C=O) groups is 1. The van der Waals surface area contributed by atoms with Crippen molar-refractivity contribution in [2.24, 2.45) is 0 Å². The van der Waals surface area contributed by atoms with Gasteiger partial charge in [0.25, 0.3) is 11.5 Å². The van der Waals surface area contributed by atoms with Gasteiger partial charge in [0, 0.05) is 50.8 Å². The molecule has 8 heteroatoms. The second-order valence-corrected chi connectivity index (χ2v) is 8.48. The quantitative estimate of drug-likeness (QED) is 0.457. The zero-order chi connectivity index (χ0) is 23.7. The van der Waals surface area contributed by atoms with Crippen molar-refractivity contribution in [1.29, 1.82) is 0 Å². The van der Waals surface area contributed by atoms with Crippen molar-refractivity contribution in [1.82, 2.24) is 19.2 Å². The molecule has 5 rings (SSSR count). The van der Waals surface area contributed by atoms with Gasteiger partial charge in [0.05, 0.1) is 16.8 Å². The highest BCUT2D eigenvalue weighted by molar-refractivity contribution is 6.00. The molecule has 1 saturated heterocycles. The van der Waals surface area contributed by atoms with Crippen LogP contribution in [0, 0.1) is 5.82 Å². The summed E-state index contributed by atoms with van der Waals surface area (Å²) in [5.41, 5.74) is 2.67. The Morgan fingerprint density at radius 1 is 0.941 bits per heavy atom. The minimum Gasteiger partial charge on any atom is -0.368 e. The van der Waals surface area contributed by atoms with Crippen LogP contribution in [0.2, 0.25) is 0 Å². The second-order valence-electron chi connectivity index (χ2n) is 8.48. The van der Waals surface area contributed by atoms with Crippen molar-refractivity contribution < 1.29 is 9.18 Å². The number of aromatic nitrogens is 3. The van der Waals surface area contributed by atoms with Gasteiger partial charge in [0.15, 0.2) is 0 Å². The molecule has 0 aromatic heterocycles. The highest BCUT2D eigenvalue weighted by atomic mass is 19.1. The topological polar surface area (TPSA) is 63.4 Å². The van der Waals surface area contributed by atoms with Crippen LogP contribution in [0.15, 0.2) is 71.8 Å². The lowest BCUT2D eigenvalue weighted by molar-refractivity contribution is 0.0746. The molecule has 2 aromatic carbocycles. The Labute approximate surface area is 197 Å². The predicted molar refractivity (Wildman–Crippen MR) is 129 cm³/mol. The van der Waals surface area contributed by atoms with E-state index < -0.39 is 0 Å². The minimum absolute atomic E-state index is 0.132. The first-order valence-corrected chi connectivity index (χ1v) is 11.5. The molecule has 3 heterocycles. The number of nitrogens with zero attached hydrogens (tertiary/aromatic N) is 5. The molecule has 1 amide bonds. The Kier molecular flexibility index (Phi) is 5.88. The van der Waals surface area contributed by atoms with Crippen molar-refractivity contribution >= 4 is 11.6 Å². The van der Waals surface area contributed by atoms with E-state index in [1.165, 1.54) is 16.8 Å². The third-order valence-electron chi connectivity index (χ3n) is 6.19. The summed E-state index contributed by atoms with van der Waals surface area (Å²) < 4.78 is 16.5. The largest absolute Gasteiger partial charge is 0.368 e. The zero-order valence-electron chi connectivity index (χ0n) is 19.0. The van der Waals surface area contributed by atoms with Gasteiger partial charge in [-0.15, -0.1) is 0 Å². The van der Waals surface area contributed by atoms with Crippen LogP contribution in [0.5, 0.6) is 0 Å². The number of para-hydroxylation sites is 1. The van der Waals surface area contributed by atoms with Gasteiger partial charge in [-0.3, -0.25) is 9.59 Å². The first-order valence-electron chi connectivity index (χ1n) is 11.5. The number of pyridine rings is 1. The molecule has 3 aliphatic rings. The van der Waals surface area contributed by atoms with Gasteiger partial charge in [0.1, 0.15) is 11.5 Å². The van der Waals surface area contributed by atoms with E-state index in [0.29, 0.717) is 55.2 Å². The summed E-state index contributed by atoms with van der Waals surface area (Å²) in [6.07, 6.45) is 4.47. The molecule has 2 aromatic rings. The summed E-state index contributed by atoms with van der Waals surface area (Å²) in [6.45, 7) is 5.11.